The first kappa shape index (κ1) is 13.9. The number of aliphatic hydroxyl groups excluding tert-OH is 1. The van der Waals surface area contributed by atoms with Crippen molar-refractivity contribution in [1.29, 1.82) is 0 Å². The Morgan fingerprint density at radius 3 is 2.36 bits per heavy atom. The van der Waals surface area contributed by atoms with Crippen LogP contribution in [0.1, 0.15) is 59.3 Å². The van der Waals surface area contributed by atoms with Gasteiger partial charge in [0.05, 0.1) is 6.61 Å². The minimum atomic E-state index is -0.541. The average molecular weight is 202 g/mol. The van der Waals surface area contributed by atoms with Crippen molar-refractivity contribution in [2.45, 2.75) is 65.6 Å². The van der Waals surface area contributed by atoms with E-state index in [9.17, 15) is 5.11 Å². The molecule has 0 amide bonds. The zero-order valence-electron chi connectivity index (χ0n) is 9.96. The van der Waals surface area contributed by atoms with Gasteiger partial charge in [-0.2, -0.15) is 0 Å². The van der Waals surface area contributed by atoms with Gasteiger partial charge in [0, 0.05) is 0 Å². The lowest BCUT2D eigenvalue weighted by molar-refractivity contribution is -0.113. The third kappa shape index (κ3) is 8.52. The molecule has 0 aliphatic carbocycles. The first-order valence-electron chi connectivity index (χ1n) is 6.00. The molecule has 0 spiro atoms. The van der Waals surface area contributed by atoms with Gasteiger partial charge in [0.2, 0.25) is 0 Å². The highest BCUT2D eigenvalue weighted by atomic mass is 16.6. The summed E-state index contributed by atoms with van der Waals surface area (Å²) in [5.74, 6) is 0.570. The van der Waals surface area contributed by atoms with Gasteiger partial charge >= 0.3 is 0 Å². The van der Waals surface area contributed by atoms with Gasteiger partial charge in [-0.15, -0.1) is 0 Å². The van der Waals surface area contributed by atoms with Crippen molar-refractivity contribution in [3.63, 3.8) is 0 Å². The zero-order valence-corrected chi connectivity index (χ0v) is 9.96. The summed E-state index contributed by atoms with van der Waals surface area (Å²) in [6.45, 7) is 7.20. The average Bonchev–Trinajstić information content (AvgIpc) is 2.16. The molecule has 0 heterocycles. The molecule has 0 radical (unpaired) electrons. The topological polar surface area (TPSA) is 29.5 Å². The van der Waals surface area contributed by atoms with Crippen LogP contribution in [0.5, 0.6) is 0 Å². The SMILES string of the molecule is CCCCCC(O)OCC(C)CCC. The molecule has 2 atom stereocenters. The molecule has 0 saturated carbocycles. The molecular weight excluding hydrogens is 176 g/mol. The molecule has 0 rings (SSSR count). The van der Waals surface area contributed by atoms with Gasteiger partial charge in [-0.25, -0.2) is 0 Å². The first-order valence-corrected chi connectivity index (χ1v) is 6.00. The van der Waals surface area contributed by atoms with Gasteiger partial charge in [-0.3, -0.25) is 0 Å². The third-order valence-electron chi connectivity index (χ3n) is 2.41. The molecular formula is C12H26O2. The van der Waals surface area contributed by atoms with Crippen molar-refractivity contribution >= 4 is 0 Å². The van der Waals surface area contributed by atoms with E-state index in [1.807, 2.05) is 0 Å². The maximum Gasteiger partial charge on any atom is 0.154 e. The molecule has 0 saturated heterocycles. The lowest BCUT2D eigenvalue weighted by atomic mass is 10.1. The predicted molar refractivity (Wildman–Crippen MR) is 60.2 cm³/mol. The summed E-state index contributed by atoms with van der Waals surface area (Å²) in [7, 11) is 0. The fraction of sp³-hybridized carbons (Fsp3) is 1.00. The molecule has 2 nitrogen and oxygen atoms in total. The van der Waals surface area contributed by atoms with Gasteiger partial charge < -0.3 is 9.84 Å². The molecule has 0 aromatic heterocycles. The van der Waals surface area contributed by atoms with Crippen LogP contribution in [0.3, 0.4) is 0 Å². The summed E-state index contributed by atoms with van der Waals surface area (Å²) in [5.41, 5.74) is 0. The minimum Gasteiger partial charge on any atom is -0.368 e. The smallest absolute Gasteiger partial charge is 0.154 e. The van der Waals surface area contributed by atoms with Crippen molar-refractivity contribution in [2.24, 2.45) is 5.92 Å². The van der Waals surface area contributed by atoms with E-state index in [-0.39, 0.29) is 0 Å². The summed E-state index contributed by atoms with van der Waals surface area (Å²) >= 11 is 0. The van der Waals surface area contributed by atoms with Crippen molar-refractivity contribution in [3.05, 3.63) is 0 Å². The quantitative estimate of drug-likeness (QED) is 0.459. The maximum absolute atomic E-state index is 9.47. The Morgan fingerprint density at radius 1 is 1.07 bits per heavy atom. The first-order chi connectivity index (χ1) is 6.70. The van der Waals surface area contributed by atoms with E-state index in [2.05, 4.69) is 20.8 Å². The van der Waals surface area contributed by atoms with E-state index in [1.54, 1.807) is 0 Å². The summed E-state index contributed by atoms with van der Waals surface area (Å²) in [4.78, 5) is 0. The van der Waals surface area contributed by atoms with E-state index >= 15 is 0 Å². The molecule has 2 unspecified atom stereocenters. The Bertz CT molecular complexity index is 115. The lowest BCUT2D eigenvalue weighted by Crippen LogP contribution is -2.16. The normalized spacial score (nSPS) is 15.4. The summed E-state index contributed by atoms with van der Waals surface area (Å²) in [5, 5.41) is 9.47. The fourth-order valence-electron chi connectivity index (χ4n) is 1.50. The molecule has 0 aliphatic rings. The van der Waals surface area contributed by atoms with Gasteiger partial charge in [0.1, 0.15) is 0 Å². The van der Waals surface area contributed by atoms with Crippen molar-refractivity contribution < 1.29 is 9.84 Å². The van der Waals surface area contributed by atoms with Crippen molar-refractivity contribution in [2.75, 3.05) is 6.61 Å². The van der Waals surface area contributed by atoms with Gasteiger partial charge in [0.25, 0.3) is 0 Å². The maximum atomic E-state index is 9.47. The Hall–Kier alpha value is -0.0800. The molecule has 14 heavy (non-hydrogen) atoms. The molecule has 0 aromatic carbocycles. The minimum absolute atomic E-state index is 0.541. The second-order valence-electron chi connectivity index (χ2n) is 4.18. The monoisotopic (exact) mass is 202 g/mol. The Balaban J connectivity index is 3.29. The Kier molecular flexibility index (Phi) is 9.42. The van der Waals surface area contributed by atoms with Crippen molar-refractivity contribution in [1.82, 2.24) is 0 Å². The van der Waals surface area contributed by atoms with E-state index in [1.165, 1.54) is 25.7 Å². The second-order valence-corrected chi connectivity index (χ2v) is 4.18. The summed E-state index contributed by atoms with van der Waals surface area (Å²) in [6.07, 6.45) is 6.06. The predicted octanol–water partition coefficient (Wildman–Crippen LogP) is 3.34. The molecule has 0 bridgehead atoms. The number of unbranched alkanes of at least 4 members (excludes halogenated alkanes) is 2. The van der Waals surface area contributed by atoms with Gasteiger partial charge in [0.15, 0.2) is 6.29 Å². The number of hydrogen-bond donors (Lipinski definition) is 1. The van der Waals surface area contributed by atoms with Crippen LogP contribution < -0.4 is 0 Å². The molecule has 0 fully saturated rings. The van der Waals surface area contributed by atoms with Crippen LogP contribution in [0.15, 0.2) is 0 Å². The van der Waals surface area contributed by atoms with Crippen LogP contribution in [-0.2, 0) is 4.74 Å². The number of aliphatic hydroxyl groups is 1. The molecule has 86 valence electrons. The number of ether oxygens (including phenoxy) is 1. The number of rotatable bonds is 9. The van der Waals surface area contributed by atoms with Crippen LogP contribution in [0.2, 0.25) is 0 Å². The Labute approximate surface area is 88.7 Å². The zero-order chi connectivity index (χ0) is 10.8. The van der Waals surface area contributed by atoms with E-state index < -0.39 is 6.29 Å². The van der Waals surface area contributed by atoms with E-state index in [0.29, 0.717) is 12.5 Å². The molecule has 0 aromatic rings. The standard InChI is InChI=1S/C12H26O2/c1-4-6-7-9-12(13)14-10-11(3)8-5-2/h11-13H,4-10H2,1-3H3. The van der Waals surface area contributed by atoms with Crippen LogP contribution in [0.4, 0.5) is 0 Å². The van der Waals surface area contributed by atoms with Crippen molar-refractivity contribution in [3.8, 4) is 0 Å². The van der Waals surface area contributed by atoms with Crippen LogP contribution >= 0.6 is 0 Å². The van der Waals surface area contributed by atoms with Crippen LogP contribution in [0.25, 0.3) is 0 Å². The van der Waals surface area contributed by atoms with E-state index in [4.69, 9.17) is 4.74 Å². The fourth-order valence-corrected chi connectivity index (χ4v) is 1.50. The number of hydrogen-bond acceptors (Lipinski definition) is 2. The third-order valence-corrected chi connectivity index (χ3v) is 2.41. The highest BCUT2D eigenvalue weighted by molar-refractivity contribution is 4.51. The highest BCUT2D eigenvalue weighted by Gasteiger charge is 2.06. The molecule has 2 heteroatoms. The van der Waals surface area contributed by atoms with Gasteiger partial charge in [-0.05, 0) is 25.2 Å². The van der Waals surface area contributed by atoms with Crippen LogP contribution in [-0.4, -0.2) is 18.0 Å². The van der Waals surface area contributed by atoms with Crippen LogP contribution in [0, 0.1) is 5.92 Å². The van der Waals surface area contributed by atoms with E-state index in [0.717, 1.165) is 12.8 Å². The highest BCUT2D eigenvalue weighted by Crippen LogP contribution is 2.09. The second kappa shape index (κ2) is 9.47. The molecule has 1 N–H and O–H groups in total. The Morgan fingerprint density at radius 2 is 1.79 bits per heavy atom. The molecule has 0 aliphatic heterocycles. The summed E-state index contributed by atoms with van der Waals surface area (Å²) < 4.78 is 5.36. The summed E-state index contributed by atoms with van der Waals surface area (Å²) in [6, 6.07) is 0. The lowest BCUT2D eigenvalue weighted by Gasteiger charge is -2.15. The van der Waals surface area contributed by atoms with Gasteiger partial charge in [-0.1, -0.05) is 40.0 Å². The largest absolute Gasteiger partial charge is 0.368 e.